The second kappa shape index (κ2) is 15.2. The van der Waals surface area contributed by atoms with Crippen LogP contribution in [0.1, 0.15) is 11.1 Å². The van der Waals surface area contributed by atoms with Crippen molar-refractivity contribution >= 4 is 63.3 Å². The van der Waals surface area contributed by atoms with Crippen molar-refractivity contribution in [3.8, 4) is 0 Å². The minimum absolute atomic E-state index is 0. The maximum absolute atomic E-state index is 9.83. The lowest BCUT2D eigenvalue weighted by molar-refractivity contribution is 0.122. The highest BCUT2D eigenvalue weighted by Crippen LogP contribution is 2.30. The van der Waals surface area contributed by atoms with Gasteiger partial charge >= 0.3 is 0 Å². The third-order valence-electron chi connectivity index (χ3n) is 7.21. The Labute approximate surface area is 257 Å². The average Bonchev–Trinajstić information content (AvgIpc) is 3.02. The molecule has 2 aliphatic heterocycles. The summed E-state index contributed by atoms with van der Waals surface area (Å²) in [5.41, 5.74) is 13.0. The highest BCUT2D eigenvalue weighted by molar-refractivity contribution is 6.31. The molecule has 5 N–H and O–H groups in total. The second-order valence-corrected chi connectivity index (χ2v) is 10.3. The SMILES string of the molecule is Cl.Nc1ccc(N2CCOCC2)c(CO)c1.OCc1cc(Nc2ccnc3cc(Cl)ccc23)ccc1N1CCOCC1. The van der Waals surface area contributed by atoms with Crippen LogP contribution < -0.4 is 20.9 Å². The van der Waals surface area contributed by atoms with Crippen LogP contribution in [0.4, 0.5) is 28.4 Å². The van der Waals surface area contributed by atoms with Gasteiger partial charge in [0.1, 0.15) is 0 Å². The molecule has 0 radical (unpaired) electrons. The first kappa shape index (κ1) is 31.6. The molecule has 4 aromatic rings. The lowest BCUT2D eigenvalue weighted by Gasteiger charge is -2.30. The van der Waals surface area contributed by atoms with Crippen molar-refractivity contribution in [1.82, 2.24) is 4.98 Å². The minimum Gasteiger partial charge on any atom is -0.399 e. The zero-order valence-corrected chi connectivity index (χ0v) is 24.9. The number of anilines is 5. The fraction of sp³-hybridized carbons (Fsp3) is 0.323. The van der Waals surface area contributed by atoms with Crippen LogP contribution in [0.5, 0.6) is 0 Å². The fourth-order valence-corrected chi connectivity index (χ4v) is 5.30. The van der Waals surface area contributed by atoms with Gasteiger partial charge in [-0.15, -0.1) is 12.4 Å². The quantitative estimate of drug-likeness (QED) is 0.223. The van der Waals surface area contributed by atoms with Crippen molar-refractivity contribution in [2.75, 3.05) is 73.5 Å². The molecule has 2 saturated heterocycles. The van der Waals surface area contributed by atoms with Gasteiger partial charge in [-0.25, -0.2) is 0 Å². The summed E-state index contributed by atoms with van der Waals surface area (Å²) >= 11 is 6.06. The Morgan fingerprint density at radius 2 is 1.38 bits per heavy atom. The number of benzene rings is 3. The Morgan fingerprint density at radius 3 is 2.00 bits per heavy atom. The summed E-state index contributed by atoms with van der Waals surface area (Å²) in [6.07, 6.45) is 1.76. The van der Waals surface area contributed by atoms with Crippen molar-refractivity contribution in [2.24, 2.45) is 0 Å². The van der Waals surface area contributed by atoms with Gasteiger partial charge in [0.25, 0.3) is 0 Å². The number of nitrogens with zero attached hydrogens (tertiary/aromatic N) is 3. The molecular formula is C31H37Cl2N5O4. The lowest BCUT2D eigenvalue weighted by atomic mass is 10.1. The van der Waals surface area contributed by atoms with E-state index in [4.69, 9.17) is 26.8 Å². The lowest BCUT2D eigenvalue weighted by Crippen LogP contribution is -2.36. The Balaban J connectivity index is 0.000000216. The van der Waals surface area contributed by atoms with Crippen LogP contribution in [0.25, 0.3) is 10.9 Å². The minimum atomic E-state index is -0.00505. The first-order chi connectivity index (χ1) is 20.1. The number of nitrogens with one attached hydrogen (secondary N) is 1. The summed E-state index contributed by atoms with van der Waals surface area (Å²) in [6, 6.07) is 19.3. The van der Waals surface area contributed by atoms with E-state index in [2.05, 4.69) is 26.2 Å². The van der Waals surface area contributed by atoms with Crippen LogP contribution in [0.15, 0.2) is 66.9 Å². The smallest absolute Gasteiger partial charge is 0.0737 e. The summed E-state index contributed by atoms with van der Waals surface area (Å²) in [4.78, 5) is 8.84. The molecule has 224 valence electrons. The number of hydrogen-bond acceptors (Lipinski definition) is 9. The van der Waals surface area contributed by atoms with Crippen molar-refractivity contribution in [3.63, 3.8) is 0 Å². The highest BCUT2D eigenvalue weighted by Gasteiger charge is 2.16. The molecule has 3 aromatic carbocycles. The van der Waals surface area contributed by atoms with Gasteiger partial charge in [-0.2, -0.15) is 0 Å². The molecule has 3 heterocycles. The van der Waals surface area contributed by atoms with E-state index in [0.717, 1.165) is 97.4 Å². The van der Waals surface area contributed by atoms with Crippen LogP contribution in [-0.2, 0) is 22.7 Å². The number of aliphatic hydroxyl groups excluding tert-OH is 2. The van der Waals surface area contributed by atoms with E-state index in [1.165, 1.54) is 0 Å². The zero-order chi connectivity index (χ0) is 28.6. The molecule has 0 saturated carbocycles. The van der Waals surface area contributed by atoms with Crippen LogP contribution in [-0.4, -0.2) is 67.8 Å². The monoisotopic (exact) mass is 613 g/mol. The van der Waals surface area contributed by atoms with Gasteiger partial charge in [-0.05, 0) is 60.7 Å². The molecule has 42 heavy (non-hydrogen) atoms. The van der Waals surface area contributed by atoms with Gasteiger partial charge < -0.3 is 40.5 Å². The van der Waals surface area contributed by atoms with E-state index < -0.39 is 0 Å². The number of rotatable bonds is 6. The largest absolute Gasteiger partial charge is 0.399 e. The Hall–Kier alpha value is -3.31. The summed E-state index contributed by atoms with van der Waals surface area (Å²) in [6.45, 7) is 6.38. The number of hydrogen-bond donors (Lipinski definition) is 4. The van der Waals surface area contributed by atoms with Crippen molar-refractivity contribution in [1.29, 1.82) is 0 Å². The molecule has 0 amide bonds. The van der Waals surface area contributed by atoms with Crippen molar-refractivity contribution in [2.45, 2.75) is 13.2 Å². The van der Waals surface area contributed by atoms with Gasteiger partial charge in [-0.1, -0.05) is 11.6 Å². The molecule has 6 rings (SSSR count). The standard InChI is InChI=1S/C20H20ClN3O2.C11H16N2O2.ClH/c21-15-1-3-17-18(5-6-22-19(17)12-15)23-16-2-4-20(14(11-16)13-25)24-7-9-26-10-8-24;12-10-1-2-11(9(7-10)8-14)13-3-5-15-6-4-13;/h1-6,11-12,25H,7-10,13H2,(H,22,23);1-2,7,14H,3-6,8,12H2;1H. The predicted octanol–water partition coefficient (Wildman–Crippen LogP) is 4.98. The van der Waals surface area contributed by atoms with Crippen molar-refractivity contribution < 1.29 is 19.7 Å². The van der Waals surface area contributed by atoms with Crippen molar-refractivity contribution in [3.05, 3.63) is 83.0 Å². The van der Waals surface area contributed by atoms with E-state index in [9.17, 15) is 10.2 Å². The molecule has 0 unspecified atom stereocenters. The van der Waals surface area contributed by atoms with Crippen LogP contribution in [0, 0.1) is 0 Å². The number of fused-ring (bicyclic) bond motifs is 1. The Kier molecular flexibility index (Phi) is 11.5. The summed E-state index contributed by atoms with van der Waals surface area (Å²) in [5.74, 6) is 0. The first-order valence-electron chi connectivity index (χ1n) is 13.8. The van der Waals surface area contributed by atoms with E-state index >= 15 is 0 Å². The molecule has 11 heteroatoms. The van der Waals surface area contributed by atoms with Gasteiger partial charge in [-0.3, -0.25) is 4.98 Å². The maximum atomic E-state index is 9.83. The molecule has 2 aliphatic rings. The molecule has 9 nitrogen and oxygen atoms in total. The molecule has 0 spiro atoms. The summed E-state index contributed by atoms with van der Waals surface area (Å²) < 4.78 is 10.7. The number of pyridine rings is 1. The second-order valence-electron chi connectivity index (χ2n) is 9.89. The predicted molar refractivity (Wildman–Crippen MR) is 172 cm³/mol. The molecule has 0 aliphatic carbocycles. The molecule has 2 fully saturated rings. The average molecular weight is 615 g/mol. The normalized spacial score (nSPS) is 15.0. The van der Waals surface area contributed by atoms with E-state index in [-0.39, 0.29) is 25.6 Å². The zero-order valence-electron chi connectivity index (χ0n) is 23.3. The van der Waals surface area contributed by atoms with Crippen LogP contribution in [0.2, 0.25) is 5.02 Å². The number of nitrogens with two attached hydrogens (primary N) is 1. The van der Waals surface area contributed by atoms with Crippen LogP contribution >= 0.6 is 24.0 Å². The summed E-state index contributed by atoms with van der Waals surface area (Å²) in [5, 5.41) is 24.2. The fourth-order valence-electron chi connectivity index (χ4n) is 5.13. The van der Waals surface area contributed by atoms with E-state index in [1.54, 1.807) is 6.20 Å². The summed E-state index contributed by atoms with van der Waals surface area (Å²) in [7, 11) is 0. The van der Waals surface area contributed by atoms with Gasteiger partial charge in [0.05, 0.1) is 45.2 Å². The highest BCUT2D eigenvalue weighted by atomic mass is 35.5. The molecule has 1 aromatic heterocycles. The van der Waals surface area contributed by atoms with Crippen LogP contribution in [0.3, 0.4) is 0 Å². The third kappa shape index (κ3) is 7.74. The van der Waals surface area contributed by atoms with Gasteiger partial charge in [0, 0.05) is 82.3 Å². The Bertz CT molecular complexity index is 1460. The number of aliphatic hydroxyl groups is 2. The number of aromatic nitrogens is 1. The number of morpholine rings is 2. The Morgan fingerprint density at radius 1 is 0.786 bits per heavy atom. The number of ether oxygens (including phenoxy) is 2. The molecule has 0 bridgehead atoms. The van der Waals surface area contributed by atoms with E-state index in [1.807, 2.05) is 54.6 Å². The van der Waals surface area contributed by atoms with Gasteiger partial charge in [0.2, 0.25) is 0 Å². The van der Waals surface area contributed by atoms with E-state index in [0.29, 0.717) is 10.7 Å². The topological polar surface area (TPSA) is 116 Å². The maximum Gasteiger partial charge on any atom is 0.0737 e. The number of halogens is 2. The third-order valence-corrected chi connectivity index (χ3v) is 7.45. The molecular weight excluding hydrogens is 577 g/mol. The van der Waals surface area contributed by atoms with Gasteiger partial charge in [0.15, 0.2) is 0 Å². The first-order valence-corrected chi connectivity index (χ1v) is 14.1. The number of nitrogen functional groups attached to an aromatic ring is 1. The molecule has 0 atom stereocenters.